The summed E-state index contributed by atoms with van der Waals surface area (Å²) in [7, 11) is 0. The first-order valence-electron chi connectivity index (χ1n) is 6.02. The number of aromatic nitrogens is 4. The van der Waals surface area contributed by atoms with Crippen LogP contribution < -0.4 is 10.6 Å². The molecule has 1 aromatic heterocycles. The van der Waals surface area contributed by atoms with E-state index in [4.69, 9.17) is 5.11 Å². The third kappa shape index (κ3) is 5.32. The van der Waals surface area contributed by atoms with Crippen LogP contribution in [0.1, 0.15) is 38.6 Å². The van der Waals surface area contributed by atoms with Crippen molar-refractivity contribution in [1.82, 2.24) is 31.3 Å². The van der Waals surface area contributed by atoms with Crippen LogP contribution in [0, 0.1) is 5.92 Å². The van der Waals surface area contributed by atoms with Crippen molar-refractivity contribution in [2.75, 3.05) is 6.54 Å². The first-order chi connectivity index (χ1) is 9.02. The molecule has 19 heavy (non-hydrogen) atoms. The number of hydrogen-bond donors (Lipinski definition) is 4. The van der Waals surface area contributed by atoms with E-state index < -0.39 is 5.97 Å². The molecule has 0 saturated heterocycles. The average molecular weight is 270 g/mol. The molecule has 2 unspecified atom stereocenters. The molecule has 0 aromatic carbocycles. The van der Waals surface area contributed by atoms with Gasteiger partial charge in [0.1, 0.15) is 0 Å². The third-order valence-corrected chi connectivity index (χ3v) is 2.69. The molecule has 106 valence electrons. The highest BCUT2D eigenvalue weighted by Gasteiger charge is 2.15. The Morgan fingerprint density at radius 1 is 1.47 bits per heavy atom. The molecular weight excluding hydrogens is 252 g/mol. The van der Waals surface area contributed by atoms with E-state index in [0.29, 0.717) is 18.8 Å². The van der Waals surface area contributed by atoms with Crippen LogP contribution in [0.15, 0.2) is 0 Å². The number of nitrogens with one attached hydrogen (secondary N) is 3. The Balaban J connectivity index is 2.32. The van der Waals surface area contributed by atoms with Crippen molar-refractivity contribution in [3.63, 3.8) is 0 Å². The van der Waals surface area contributed by atoms with Crippen molar-refractivity contribution in [2.24, 2.45) is 5.92 Å². The Kier molecular flexibility index (Phi) is 5.71. The predicted molar refractivity (Wildman–Crippen MR) is 65.2 cm³/mol. The standard InChI is InChI=1S/C10H18N6O3/c1-3-7(4-8(17)18)5-11-10(19)12-6(2)9-13-15-16-14-9/h6-7H,3-5H2,1-2H3,(H,17,18)(H2,11,12,19)(H,13,14,15,16). The molecule has 0 aliphatic rings. The van der Waals surface area contributed by atoms with E-state index in [2.05, 4.69) is 31.3 Å². The van der Waals surface area contributed by atoms with E-state index in [9.17, 15) is 9.59 Å². The normalized spacial score (nSPS) is 13.6. The highest BCUT2D eigenvalue weighted by Crippen LogP contribution is 2.07. The molecule has 0 saturated carbocycles. The maximum absolute atomic E-state index is 11.6. The maximum atomic E-state index is 11.6. The second-order valence-electron chi connectivity index (χ2n) is 4.22. The molecule has 0 fully saturated rings. The lowest BCUT2D eigenvalue weighted by Crippen LogP contribution is -2.40. The molecule has 9 nitrogen and oxygen atoms in total. The van der Waals surface area contributed by atoms with Crippen molar-refractivity contribution in [3.05, 3.63) is 5.82 Å². The van der Waals surface area contributed by atoms with Gasteiger partial charge in [0, 0.05) is 13.0 Å². The molecule has 2 atom stereocenters. The van der Waals surface area contributed by atoms with Gasteiger partial charge in [-0.2, -0.15) is 5.21 Å². The number of carbonyl (C=O) groups is 2. The summed E-state index contributed by atoms with van der Waals surface area (Å²) in [4.78, 5) is 22.2. The number of carboxylic acids is 1. The number of rotatable bonds is 7. The van der Waals surface area contributed by atoms with Gasteiger partial charge in [0.25, 0.3) is 0 Å². The number of carbonyl (C=O) groups excluding carboxylic acids is 1. The Labute approximate surface area is 110 Å². The topological polar surface area (TPSA) is 133 Å². The number of hydrogen-bond acceptors (Lipinski definition) is 5. The molecule has 1 heterocycles. The molecular formula is C10H18N6O3. The zero-order valence-corrected chi connectivity index (χ0v) is 10.9. The van der Waals surface area contributed by atoms with Gasteiger partial charge in [-0.05, 0) is 12.8 Å². The molecule has 0 spiro atoms. The SMILES string of the molecule is CCC(CNC(=O)NC(C)c1nn[nH]n1)CC(=O)O. The number of nitrogens with zero attached hydrogens (tertiary/aromatic N) is 3. The van der Waals surface area contributed by atoms with E-state index in [1.807, 2.05) is 6.92 Å². The minimum atomic E-state index is -0.866. The van der Waals surface area contributed by atoms with Gasteiger partial charge >= 0.3 is 12.0 Å². The predicted octanol–water partition coefficient (Wildman–Crippen LogP) is 0.0608. The van der Waals surface area contributed by atoms with E-state index in [1.54, 1.807) is 6.92 Å². The van der Waals surface area contributed by atoms with Crippen molar-refractivity contribution in [3.8, 4) is 0 Å². The van der Waals surface area contributed by atoms with Crippen molar-refractivity contribution >= 4 is 12.0 Å². The summed E-state index contributed by atoms with van der Waals surface area (Å²) in [6.07, 6.45) is 0.726. The molecule has 0 aliphatic carbocycles. The number of urea groups is 1. The molecule has 0 aliphatic heterocycles. The molecule has 2 amide bonds. The lowest BCUT2D eigenvalue weighted by molar-refractivity contribution is -0.138. The van der Waals surface area contributed by atoms with Gasteiger partial charge < -0.3 is 15.7 Å². The van der Waals surface area contributed by atoms with E-state index in [1.165, 1.54) is 0 Å². The van der Waals surface area contributed by atoms with Crippen LogP contribution in [-0.2, 0) is 4.79 Å². The number of amides is 2. The summed E-state index contributed by atoms with van der Waals surface area (Å²) >= 11 is 0. The lowest BCUT2D eigenvalue weighted by atomic mass is 10.0. The van der Waals surface area contributed by atoms with E-state index in [-0.39, 0.29) is 24.4 Å². The zero-order chi connectivity index (χ0) is 14.3. The number of carboxylic acid groups (broad SMARTS) is 1. The van der Waals surface area contributed by atoms with Crippen LogP contribution in [0.25, 0.3) is 0 Å². The lowest BCUT2D eigenvalue weighted by Gasteiger charge is -2.15. The summed E-state index contributed by atoms with van der Waals surface area (Å²) in [5.41, 5.74) is 0. The molecule has 1 rings (SSSR count). The third-order valence-electron chi connectivity index (χ3n) is 2.69. The van der Waals surface area contributed by atoms with E-state index in [0.717, 1.165) is 0 Å². The Morgan fingerprint density at radius 2 is 2.21 bits per heavy atom. The largest absolute Gasteiger partial charge is 0.481 e. The van der Waals surface area contributed by atoms with Crippen molar-refractivity contribution in [2.45, 2.75) is 32.7 Å². The molecule has 9 heteroatoms. The van der Waals surface area contributed by atoms with Gasteiger partial charge in [0.2, 0.25) is 0 Å². The minimum absolute atomic E-state index is 0.0389. The number of aromatic amines is 1. The van der Waals surface area contributed by atoms with Crippen LogP contribution >= 0.6 is 0 Å². The maximum Gasteiger partial charge on any atom is 0.315 e. The quantitative estimate of drug-likeness (QED) is 0.553. The number of tetrazole rings is 1. The summed E-state index contributed by atoms with van der Waals surface area (Å²) in [5, 5.41) is 27.2. The second-order valence-corrected chi connectivity index (χ2v) is 4.22. The van der Waals surface area contributed by atoms with Gasteiger partial charge in [-0.3, -0.25) is 4.79 Å². The minimum Gasteiger partial charge on any atom is -0.481 e. The van der Waals surface area contributed by atoms with Crippen LogP contribution in [0.4, 0.5) is 4.79 Å². The number of H-pyrrole nitrogens is 1. The van der Waals surface area contributed by atoms with Gasteiger partial charge in [-0.25, -0.2) is 4.79 Å². The molecule has 1 aromatic rings. The van der Waals surface area contributed by atoms with Gasteiger partial charge in [-0.15, -0.1) is 10.2 Å². The Bertz CT molecular complexity index is 407. The highest BCUT2D eigenvalue weighted by atomic mass is 16.4. The van der Waals surface area contributed by atoms with Gasteiger partial charge in [0.15, 0.2) is 5.82 Å². The summed E-state index contributed by atoms with van der Waals surface area (Å²) in [6.45, 7) is 3.92. The van der Waals surface area contributed by atoms with Gasteiger partial charge in [-0.1, -0.05) is 18.6 Å². The summed E-state index contributed by atoms with van der Waals surface area (Å²) in [5.74, 6) is -0.564. The molecule has 0 bridgehead atoms. The Hall–Kier alpha value is -2.19. The van der Waals surface area contributed by atoms with Crippen LogP contribution in [0.3, 0.4) is 0 Å². The van der Waals surface area contributed by atoms with Crippen LogP contribution in [0.5, 0.6) is 0 Å². The average Bonchev–Trinajstić information content (AvgIpc) is 2.87. The molecule has 4 N–H and O–H groups in total. The second kappa shape index (κ2) is 7.29. The van der Waals surface area contributed by atoms with Crippen LogP contribution in [0.2, 0.25) is 0 Å². The summed E-state index contributed by atoms with van der Waals surface area (Å²) < 4.78 is 0. The zero-order valence-electron chi connectivity index (χ0n) is 10.9. The fourth-order valence-electron chi connectivity index (χ4n) is 1.51. The van der Waals surface area contributed by atoms with Crippen molar-refractivity contribution < 1.29 is 14.7 Å². The molecule has 0 radical (unpaired) electrons. The smallest absolute Gasteiger partial charge is 0.315 e. The van der Waals surface area contributed by atoms with Crippen LogP contribution in [-0.4, -0.2) is 44.3 Å². The fraction of sp³-hybridized carbons (Fsp3) is 0.700. The highest BCUT2D eigenvalue weighted by molar-refractivity contribution is 5.74. The summed E-state index contributed by atoms with van der Waals surface area (Å²) in [6, 6.07) is -0.764. The Morgan fingerprint density at radius 3 is 2.74 bits per heavy atom. The van der Waals surface area contributed by atoms with Gasteiger partial charge in [0.05, 0.1) is 6.04 Å². The first kappa shape index (κ1) is 14.9. The fourth-order valence-corrected chi connectivity index (χ4v) is 1.51. The van der Waals surface area contributed by atoms with Crippen molar-refractivity contribution in [1.29, 1.82) is 0 Å². The van der Waals surface area contributed by atoms with E-state index >= 15 is 0 Å². The number of aliphatic carboxylic acids is 1. The monoisotopic (exact) mass is 270 g/mol. The first-order valence-corrected chi connectivity index (χ1v) is 6.02.